The summed E-state index contributed by atoms with van der Waals surface area (Å²) in [6.07, 6.45) is 2.49. The van der Waals surface area contributed by atoms with Crippen molar-refractivity contribution in [2.24, 2.45) is 0 Å². The molecule has 28 heavy (non-hydrogen) atoms. The molecule has 0 saturated carbocycles. The number of aromatic nitrogens is 1. The maximum Gasteiger partial charge on any atom is 0.338 e. The van der Waals surface area contributed by atoms with Crippen molar-refractivity contribution >= 4 is 17.6 Å². The number of ether oxygens (including phenoxy) is 2. The molecule has 1 N–H and O–H groups in total. The molecule has 2 aromatic rings. The summed E-state index contributed by atoms with van der Waals surface area (Å²) >= 11 is 0. The van der Waals surface area contributed by atoms with Gasteiger partial charge in [-0.25, -0.2) is 4.79 Å². The van der Waals surface area contributed by atoms with E-state index in [4.69, 9.17) is 9.47 Å². The molecule has 0 unspecified atom stereocenters. The van der Waals surface area contributed by atoms with E-state index in [9.17, 15) is 14.4 Å². The molecule has 148 valence electrons. The standard InChI is InChI=1S/C21H24N2O5/c1-3-27-17-13-18(24)23-12-6-5-7-16(23)19(17)20(25)22-15-10-8-14(9-11-15)21(26)28-4-2/h8-11,13H,3-7,12H2,1-2H3,(H,22,25). The Morgan fingerprint density at radius 1 is 1.11 bits per heavy atom. The van der Waals surface area contributed by atoms with Gasteiger partial charge < -0.3 is 19.4 Å². The van der Waals surface area contributed by atoms with Crippen LogP contribution in [0.2, 0.25) is 0 Å². The minimum Gasteiger partial charge on any atom is -0.493 e. The van der Waals surface area contributed by atoms with Crippen molar-refractivity contribution in [1.29, 1.82) is 0 Å². The normalized spacial score (nSPS) is 12.8. The molecule has 0 radical (unpaired) electrons. The number of anilines is 1. The van der Waals surface area contributed by atoms with Gasteiger partial charge in [-0.3, -0.25) is 9.59 Å². The van der Waals surface area contributed by atoms with E-state index in [2.05, 4.69) is 5.32 Å². The minimum atomic E-state index is -0.407. The first-order chi connectivity index (χ1) is 13.5. The van der Waals surface area contributed by atoms with E-state index in [1.807, 2.05) is 6.92 Å². The van der Waals surface area contributed by atoms with Crippen molar-refractivity contribution in [3.8, 4) is 5.75 Å². The second-order valence-electron chi connectivity index (χ2n) is 6.46. The van der Waals surface area contributed by atoms with E-state index in [0.717, 1.165) is 12.8 Å². The second-order valence-corrected chi connectivity index (χ2v) is 6.46. The zero-order valence-corrected chi connectivity index (χ0v) is 16.1. The minimum absolute atomic E-state index is 0.145. The van der Waals surface area contributed by atoms with Crippen LogP contribution in [0.25, 0.3) is 0 Å². The molecule has 0 aliphatic carbocycles. The molecule has 1 aliphatic rings. The number of benzene rings is 1. The highest BCUT2D eigenvalue weighted by Crippen LogP contribution is 2.26. The molecular weight excluding hydrogens is 360 g/mol. The lowest BCUT2D eigenvalue weighted by Crippen LogP contribution is -2.31. The Labute approximate surface area is 163 Å². The summed E-state index contributed by atoms with van der Waals surface area (Å²) in [7, 11) is 0. The van der Waals surface area contributed by atoms with E-state index in [1.165, 1.54) is 6.07 Å². The number of rotatable bonds is 6. The monoisotopic (exact) mass is 384 g/mol. The van der Waals surface area contributed by atoms with Crippen molar-refractivity contribution in [3.05, 3.63) is 57.5 Å². The van der Waals surface area contributed by atoms with Crippen LogP contribution in [-0.2, 0) is 17.7 Å². The van der Waals surface area contributed by atoms with Gasteiger partial charge in [-0.1, -0.05) is 0 Å². The van der Waals surface area contributed by atoms with E-state index in [-0.39, 0.29) is 11.5 Å². The van der Waals surface area contributed by atoms with Crippen LogP contribution in [0.4, 0.5) is 5.69 Å². The molecule has 0 atom stereocenters. The molecule has 0 saturated heterocycles. The zero-order valence-electron chi connectivity index (χ0n) is 16.1. The summed E-state index contributed by atoms with van der Waals surface area (Å²) in [6, 6.07) is 7.87. The predicted octanol–water partition coefficient (Wildman–Crippen LogP) is 3.01. The van der Waals surface area contributed by atoms with E-state index in [0.29, 0.717) is 54.4 Å². The van der Waals surface area contributed by atoms with Crippen LogP contribution in [0.5, 0.6) is 5.75 Å². The van der Waals surface area contributed by atoms with Crippen molar-refractivity contribution in [2.45, 2.75) is 39.7 Å². The molecule has 3 rings (SSSR count). The highest BCUT2D eigenvalue weighted by Gasteiger charge is 2.24. The molecule has 0 bridgehead atoms. The molecule has 7 nitrogen and oxygen atoms in total. The van der Waals surface area contributed by atoms with Crippen LogP contribution in [0, 0.1) is 0 Å². The lowest BCUT2D eigenvalue weighted by molar-refractivity contribution is 0.0526. The highest BCUT2D eigenvalue weighted by molar-refractivity contribution is 6.07. The van der Waals surface area contributed by atoms with Crippen LogP contribution in [-0.4, -0.2) is 29.7 Å². The van der Waals surface area contributed by atoms with E-state index >= 15 is 0 Å². The first-order valence-electron chi connectivity index (χ1n) is 9.53. The Morgan fingerprint density at radius 3 is 2.54 bits per heavy atom. The van der Waals surface area contributed by atoms with Gasteiger partial charge >= 0.3 is 5.97 Å². The quantitative estimate of drug-likeness (QED) is 0.774. The fraction of sp³-hybridized carbons (Fsp3) is 0.381. The van der Waals surface area contributed by atoms with Crippen molar-refractivity contribution in [2.75, 3.05) is 18.5 Å². The van der Waals surface area contributed by atoms with Crippen LogP contribution in [0.3, 0.4) is 0 Å². The number of fused-ring (bicyclic) bond motifs is 1. The van der Waals surface area contributed by atoms with Gasteiger partial charge in [0.1, 0.15) is 11.3 Å². The number of pyridine rings is 1. The average Bonchev–Trinajstić information content (AvgIpc) is 2.69. The molecule has 1 amide bonds. The third-order valence-corrected chi connectivity index (χ3v) is 4.61. The van der Waals surface area contributed by atoms with Crippen molar-refractivity contribution in [3.63, 3.8) is 0 Å². The number of hydrogen-bond donors (Lipinski definition) is 1. The maximum atomic E-state index is 13.0. The number of esters is 1. The number of hydrogen-bond acceptors (Lipinski definition) is 5. The van der Waals surface area contributed by atoms with Gasteiger partial charge in [0.15, 0.2) is 0 Å². The Morgan fingerprint density at radius 2 is 1.86 bits per heavy atom. The van der Waals surface area contributed by atoms with Gasteiger partial charge in [-0.15, -0.1) is 0 Å². The molecule has 0 spiro atoms. The summed E-state index contributed by atoms with van der Waals surface area (Å²) in [4.78, 5) is 37.1. The average molecular weight is 384 g/mol. The summed E-state index contributed by atoms with van der Waals surface area (Å²) in [5.74, 6) is -0.435. The first-order valence-corrected chi connectivity index (χ1v) is 9.53. The van der Waals surface area contributed by atoms with Crippen molar-refractivity contribution < 1.29 is 19.1 Å². The number of carbonyl (C=O) groups is 2. The van der Waals surface area contributed by atoms with Gasteiger partial charge in [0.05, 0.1) is 18.8 Å². The maximum absolute atomic E-state index is 13.0. The first kappa shape index (κ1) is 19.7. The van der Waals surface area contributed by atoms with Gasteiger partial charge in [0, 0.05) is 24.0 Å². The Kier molecular flexibility index (Phi) is 6.13. The number of amides is 1. The third kappa shape index (κ3) is 4.08. The van der Waals surface area contributed by atoms with E-state index < -0.39 is 5.97 Å². The van der Waals surface area contributed by atoms with Crippen LogP contribution < -0.4 is 15.6 Å². The summed E-state index contributed by atoms with van der Waals surface area (Å²) < 4.78 is 12.2. The fourth-order valence-corrected chi connectivity index (χ4v) is 3.35. The van der Waals surface area contributed by atoms with Crippen LogP contribution >= 0.6 is 0 Å². The largest absolute Gasteiger partial charge is 0.493 e. The molecule has 1 aliphatic heterocycles. The number of nitrogens with one attached hydrogen (secondary N) is 1. The molecule has 2 heterocycles. The number of nitrogens with zero attached hydrogens (tertiary/aromatic N) is 1. The number of carbonyl (C=O) groups excluding carboxylic acids is 2. The van der Waals surface area contributed by atoms with Gasteiger partial charge in [-0.05, 0) is 57.4 Å². The molecule has 7 heteroatoms. The lowest BCUT2D eigenvalue weighted by atomic mass is 10.0. The molecular formula is C21H24N2O5. The van der Waals surface area contributed by atoms with Crippen LogP contribution in [0.1, 0.15) is 53.1 Å². The van der Waals surface area contributed by atoms with E-state index in [1.54, 1.807) is 35.8 Å². The summed E-state index contributed by atoms with van der Waals surface area (Å²) in [6.45, 7) is 4.82. The third-order valence-electron chi connectivity index (χ3n) is 4.61. The van der Waals surface area contributed by atoms with Crippen molar-refractivity contribution in [1.82, 2.24) is 4.57 Å². The lowest BCUT2D eigenvalue weighted by Gasteiger charge is -2.23. The topological polar surface area (TPSA) is 86.6 Å². The van der Waals surface area contributed by atoms with Gasteiger partial charge in [0.2, 0.25) is 0 Å². The summed E-state index contributed by atoms with van der Waals surface area (Å²) in [5.41, 5.74) is 1.92. The van der Waals surface area contributed by atoms with Crippen LogP contribution in [0.15, 0.2) is 35.1 Å². The Bertz CT molecular complexity index is 931. The zero-order chi connectivity index (χ0) is 20.1. The molecule has 1 aromatic heterocycles. The fourth-order valence-electron chi connectivity index (χ4n) is 3.35. The SMILES string of the molecule is CCOC(=O)c1ccc(NC(=O)c2c(OCC)cc(=O)n3c2CCCC3)cc1. The second kappa shape index (κ2) is 8.73. The Hall–Kier alpha value is -3.09. The van der Waals surface area contributed by atoms with Gasteiger partial charge in [-0.2, -0.15) is 0 Å². The summed E-state index contributed by atoms with van der Waals surface area (Å²) in [5, 5.41) is 2.84. The van der Waals surface area contributed by atoms with Gasteiger partial charge in [0.25, 0.3) is 11.5 Å². The Balaban J connectivity index is 1.90. The molecule has 1 aromatic carbocycles. The highest BCUT2D eigenvalue weighted by atomic mass is 16.5. The molecule has 0 fully saturated rings. The smallest absolute Gasteiger partial charge is 0.338 e. The predicted molar refractivity (Wildman–Crippen MR) is 105 cm³/mol.